The van der Waals surface area contributed by atoms with Gasteiger partial charge in [-0.2, -0.15) is 0 Å². The number of hydrogen-bond donors (Lipinski definition) is 1. The van der Waals surface area contributed by atoms with Gasteiger partial charge in [0.15, 0.2) is 0 Å². The van der Waals surface area contributed by atoms with Gasteiger partial charge in [-0.15, -0.1) is 0 Å². The predicted molar refractivity (Wildman–Crippen MR) is 94.6 cm³/mol. The lowest BCUT2D eigenvalue weighted by Gasteiger charge is -2.27. The number of carbonyl (C=O) groups excluding carboxylic acids is 1. The summed E-state index contributed by atoms with van der Waals surface area (Å²) in [4.78, 5) is 16.9. The molecule has 0 radical (unpaired) electrons. The zero-order chi connectivity index (χ0) is 16.5. The molecule has 1 saturated carbocycles. The smallest absolute Gasteiger partial charge is 0.223 e. The van der Waals surface area contributed by atoms with E-state index >= 15 is 0 Å². The van der Waals surface area contributed by atoms with Gasteiger partial charge in [-0.1, -0.05) is 50.5 Å². The molecule has 2 heterocycles. The van der Waals surface area contributed by atoms with E-state index in [4.69, 9.17) is 0 Å². The molecule has 1 N–H and O–H groups in total. The van der Waals surface area contributed by atoms with Crippen LogP contribution in [0.15, 0.2) is 36.8 Å². The summed E-state index contributed by atoms with van der Waals surface area (Å²) in [6.07, 6.45) is 10.1. The van der Waals surface area contributed by atoms with E-state index in [1.807, 2.05) is 12.5 Å². The third kappa shape index (κ3) is 2.64. The standard InChI is InChI=1S/C20H25N3O/c1-14(15-7-3-2-4-8-15)20(24)22-12-19-17-10-6-5-9-16(17)18-11-21-13-23(18)19/h5-6,9-11,13-15,19H,2-4,7-8,12H2,1H3,(H,22,24)/t14-,19-/m0/s1. The Labute approximate surface area is 143 Å². The summed E-state index contributed by atoms with van der Waals surface area (Å²) in [6.45, 7) is 2.73. The number of rotatable bonds is 4. The number of fused-ring (bicyclic) bond motifs is 3. The normalized spacial score (nSPS) is 21.1. The molecule has 1 fully saturated rings. The molecular formula is C20H25N3O. The van der Waals surface area contributed by atoms with E-state index in [1.54, 1.807) is 0 Å². The molecule has 4 heteroatoms. The van der Waals surface area contributed by atoms with Crippen molar-refractivity contribution in [2.24, 2.45) is 11.8 Å². The SMILES string of the molecule is C[C@H](C(=O)NC[C@H]1c2ccccc2-c2cncn21)C1CCCCC1. The second kappa shape index (κ2) is 6.42. The van der Waals surface area contributed by atoms with E-state index in [2.05, 4.69) is 46.1 Å². The first-order valence-electron chi connectivity index (χ1n) is 9.14. The maximum atomic E-state index is 12.6. The lowest BCUT2D eigenvalue weighted by molar-refractivity contribution is -0.126. The van der Waals surface area contributed by atoms with E-state index in [-0.39, 0.29) is 17.9 Å². The van der Waals surface area contributed by atoms with Crippen LogP contribution in [0.3, 0.4) is 0 Å². The van der Waals surface area contributed by atoms with E-state index in [1.165, 1.54) is 43.2 Å². The number of aromatic nitrogens is 2. The molecule has 1 aromatic carbocycles. The molecule has 1 aliphatic carbocycles. The number of amides is 1. The molecule has 0 bridgehead atoms. The van der Waals surface area contributed by atoms with Gasteiger partial charge in [0.1, 0.15) is 0 Å². The number of benzene rings is 1. The Kier molecular flexibility index (Phi) is 4.13. The van der Waals surface area contributed by atoms with Crippen molar-refractivity contribution in [1.29, 1.82) is 0 Å². The van der Waals surface area contributed by atoms with Gasteiger partial charge in [0, 0.05) is 18.0 Å². The minimum atomic E-state index is 0.115. The molecule has 0 spiro atoms. The van der Waals surface area contributed by atoms with Crippen molar-refractivity contribution in [2.75, 3.05) is 6.54 Å². The zero-order valence-corrected chi connectivity index (χ0v) is 14.2. The van der Waals surface area contributed by atoms with Crippen LogP contribution in [0, 0.1) is 11.8 Å². The fourth-order valence-electron chi connectivity index (χ4n) is 4.35. The molecule has 2 aromatic rings. The molecule has 0 unspecified atom stereocenters. The highest BCUT2D eigenvalue weighted by Crippen LogP contribution is 2.38. The van der Waals surface area contributed by atoms with Crippen LogP contribution in [0.1, 0.15) is 50.6 Å². The molecule has 126 valence electrons. The Morgan fingerprint density at radius 3 is 2.92 bits per heavy atom. The van der Waals surface area contributed by atoms with Crippen LogP contribution in [0.2, 0.25) is 0 Å². The van der Waals surface area contributed by atoms with E-state index in [0.717, 1.165) is 5.69 Å². The van der Waals surface area contributed by atoms with E-state index in [0.29, 0.717) is 12.5 Å². The van der Waals surface area contributed by atoms with Gasteiger partial charge in [-0.3, -0.25) is 4.79 Å². The summed E-state index contributed by atoms with van der Waals surface area (Å²) in [5.74, 6) is 0.871. The van der Waals surface area contributed by atoms with Gasteiger partial charge < -0.3 is 9.88 Å². The first-order chi connectivity index (χ1) is 11.8. The van der Waals surface area contributed by atoms with Crippen molar-refractivity contribution in [2.45, 2.75) is 45.1 Å². The number of imidazole rings is 1. The average molecular weight is 323 g/mol. The Bertz CT molecular complexity index is 730. The minimum Gasteiger partial charge on any atom is -0.353 e. The molecule has 4 rings (SSSR count). The molecule has 2 aliphatic rings. The number of carbonyl (C=O) groups is 1. The van der Waals surface area contributed by atoms with Crippen molar-refractivity contribution < 1.29 is 4.79 Å². The van der Waals surface area contributed by atoms with Crippen LogP contribution in [0.4, 0.5) is 0 Å². The van der Waals surface area contributed by atoms with Gasteiger partial charge in [0.05, 0.1) is 24.3 Å². The highest BCUT2D eigenvalue weighted by atomic mass is 16.1. The lowest BCUT2D eigenvalue weighted by Crippen LogP contribution is -2.37. The van der Waals surface area contributed by atoms with Gasteiger partial charge in [0.2, 0.25) is 5.91 Å². The average Bonchev–Trinajstić information content (AvgIpc) is 3.21. The number of hydrogen-bond acceptors (Lipinski definition) is 2. The maximum Gasteiger partial charge on any atom is 0.223 e. The van der Waals surface area contributed by atoms with Crippen molar-refractivity contribution in [3.8, 4) is 11.3 Å². The number of nitrogens with one attached hydrogen (secondary N) is 1. The van der Waals surface area contributed by atoms with Crippen LogP contribution in [-0.2, 0) is 4.79 Å². The van der Waals surface area contributed by atoms with Gasteiger partial charge in [-0.05, 0) is 24.3 Å². The van der Waals surface area contributed by atoms with Crippen LogP contribution in [0.5, 0.6) is 0 Å². The summed E-state index contributed by atoms with van der Waals surface area (Å²) in [5.41, 5.74) is 3.65. The van der Waals surface area contributed by atoms with Crippen molar-refractivity contribution in [1.82, 2.24) is 14.9 Å². The van der Waals surface area contributed by atoms with E-state index in [9.17, 15) is 4.79 Å². The van der Waals surface area contributed by atoms with Gasteiger partial charge >= 0.3 is 0 Å². The van der Waals surface area contributed by atoms with Crippen LogP contribution < -0.4 is 5.32 Å². The predicted octanol–water partition coefficient (Wildman–Crippen LogP) is 3.79. The quantitative estimate of drug-likeness (QED) is 0.930. The Morgan fingerprint density at radius 2 is 2.08 bits per heavy atom. The summed E-state index contributed by atoms with van der Waals surface area (Å²) >= 11 is 0. The fraction of sp³-hybridized carbons (Fsp3) is 0.500. The Morgan fingerprint density at radius 1 is 1.29 bits per heavy atom. The molecule has 2 atom stereocenters. The van der Waals surface area contributed by atoms with Crippen LogP contribution >= 0.6 is 0 Å². The molecule has 0 saturated heterocycles. The third-order valence-electron chi connectivity index (χ3n) is 5.84. The largest absolute Gasteiger partial charge is 0.353 e. The van der Waals surface area contributed by atoms with Gasteiger partial charge in [0.25, 0.3) is 0 Å². The number of nitrogens with zero attached hydrogens (tertiary/aromatic N) is 2. The zero-order valence-electron chi connectivity index (χ0n) is 14.2. The molecule has 1 aliphatic heterocycles. The second-order valence-electron chi connectivity index (χ2n) is 7.22. The molecule has 24 heavy (non-hydrogen) atoms. The van der Waals surface area contributed by atoms with Crippen LogP contribution in [-0.4, -0.2) is 22.0 Å². The third-order valence-corrected chi connectivity index (χ3v) is 5.84. The van der Waals surface area contributed by atoms with Crippen molar-refractivity contribution >= 4 is 5.91 Å². The monoisotopic (exact) mass is 323 g/mol. The van der Waals surface area contributed by atoms with Crippen molar-refractivity contribution in [3.63, 3.8) is 0 Å². The van der Waals surface area contributed by atoms with E-state index < -0.39 is 0 Å². The molecule has 1 aromatic heterocycles. The molecule has 4 nitrogen and oxygen atoms in total. The Hall–Kier alpha value is -2.10. The highest BCUT2D eigenvalue weighted by molar-refractivity contribution is 5.79. The summed E-state index contributed by atoms with van der Waals surface area (Å²) < 4.78 is 2.18. The molecule has 1 amide bonds. The minimum absolute atomic E-state index is 0.115. The first-order valence-corrected chi connectivity index (χ1v) is 9.14. The Balaban J connectivity index is 1.45. The molecular weight excluding hydrogens is 298 g/mol. The first kappa shape index (κ1) is 15.4. The lowest BCUT2D eigenvalue weighted by atomic mass is 9.80. The maximum absolute atomic E-state index is 12.6. The topological polar surface area (TPSA) is 46.9 Å². The summed E-state index contributed by atoms with van der Waals surface area (Å²) in [6, 6.07) is 8.57. The fourth-order valence-corrected chi connectivity index (χ4v) is 4.35. The highest BCUT2D eigenvalue weighted by Gasteiger charge is 2.30. The summed E-state index contributed by atoms with van der Waals surface area (Å²) in [5, 5.41) is 3.21. The van der Waals surface area contributed by atoms with Crippen LogP contribution in [0.25, 0.3) is 11.3 Å². The van der Waals surface area contributed by atoms with Gasteiger partial charge in [-0.25, -0.2) is 4.98 Å². The second-order valence-corrected chi connectivity index (χ2v) is 7.22. The van der Waals surface area contributed by atoms with Crippen molar-refractivity contribution in [3.05, 3.63) is 42.4 Å². The summed E-state index contributed by atoms with van der Waals surface area (Å²) in [7, 11) is 0.